The second-order valence-electron chi connectivity index (χ2n) is 8.84. The molecule has 0 atom stereocenters. The Hall–Kier alpha value is -2.56. The largest absolute Gasteiger partial charge is 0.573 e. The van der Waals surface area contributed by atoms with Gasteiger partial charge in [-0.3, -0.25) is 0 Å². The van der Waals surface area contributed by atoms with Crippen LogP contribution < -0.4 is 4.74 Å². The fourth-order valence-corrected chi connectivity index (χ4v) is 4.88. The summed E-state index contributed by atoms with van der Waals surface area (Å²) in [5.74, 6) is -0.326. The summed E-state index contributed by atoms with van der Waals surface area (Å²) >= 11 is 0. The average Bonchev–Trinajstić information content (AvgIpc) is 2.79. The first-order valence-corrected chi connectivity index (χ1v) is 11.4. The number of unbranched alkanes of at least 4 members (excludes halogenated alkanes) is 1. The number of rotatable bonds is 6. The minimum Gasteiger partial charge on any atom is -0.403 e. The quantitative estimate of drug-likeness (QED) is 0.345. The van der Waals surface area contributed by atoms with Crippen molar-refractivity contribution in [2.45, 2.75) is 64.1 Å². The predicted molar refractivity (Wildman–Crippen MR) is 120 cm³/mol. The molecule has 1 saturated carbocycles. The summed E-state index contributed by atoms with van der Waals surface area (Å²) in [6.07, 6.45) is 4.13. The third-order valence-electron chi connectivity index (χ3n) is 6.67. The van der Waals surface area contributed by atoms with Crippen LogP contribution in [-0.4, -0.2) is 6.36 Å². The summed E-state index contributed by atoms with van der Waals surface area (Å²) in [5.41, 5.74) is 3.27. The molecule has 0 aromatic heterocycles. The van der Waals surface area contributed by atoms with Gasteiger partial charge < -0.3 is 4.74 Å². The van der Waals surface area contributed by atoms with E-state index in [1.165, 1.54) is 62.6 Å². The van der Waals surface area contributed by atoms with Crippen molar-refractivity contribution in [1.29, 1.82) is 0 Å². The Morgan fingerprint density at radius 2 is 1.56 bits per heavy atom. The van der Waals surface area contributed by atoms with Crippen molar-refractivity contribution in [2.75, 3.05) is 0 Å². The van der Waals surface area contributed by atoms with E-state index in [4.69, 9.17) is 0 Å². The van der Waals surface area contributed by atoms with Crippen molar-refractivity contribution in [1.82, 2.24) is 0 Å². The molecule has 0 N–H and O–H groups in total. The van der Waals surface area contributed by atoms with Crippen LogP contribution in [-0.2, 0) is 0 Å². The molecule has 170 valence electrons. The molecule has 32 heavy (non-hydrogen) atoms. The van der Waals surface area contributed by atoms with E-state index in [-0.39, 0.29) is 5.39 Å². The summed E-state index contributed by atoms with van der Waals surface area (Å²) in [5, 5.41) is 0.635. The zero-order chi connectivity index (χ0) is 22.7. The summed E-state index contributed by atoms with van der Waals surface area (Å²) < 4.78 is 55.6. The van der Waals surface area contributed by atoms with Gasteiger partial charge in [0.25, 0.3) is 0 Å². The van der Waals surface area contributed by atoms with Gasteiger partial charge in [-0.2, -0.15) is 0 Å². The smallest absolute Gasteiger partial charge is 0.403 e. The third-order valence-corrected chi connectivity index (χ3v) is 6.67. The van der Waals surface area contributed by atoms with Crippen LogP contribution in [0.1, 0.15) is 63.4 Å². The number of halogens is 4. The third kappa shape index (κ3) is 5.25. The molecule has 1 nitrogen and oxygen atoms in total. The molecule has 0 saturated heterocycles. The molecule has 1 aliphatic rings. The Morgan fingerprint density at radius 1 is 0.875 bits per heavy atom. The second kappa shape index (κ2) is 9.51. The van der Waals surface area contributed by atoms with Gasteiger partial charge in [-0.05, 0) is 71.7 Å². The molecule has 0 bridgehead atoms. The topological polar surface area (TPSA) is 9.23 Å². The molecule has 5 heteroatoms. The SMILES string of the molecule is CCCC[C@H]1CC[C@H](c2ccc(-c3ccc4c(F)c(OC(F)(F)F)ccc4c3)cc2)CC1. The highest BCUT2D eigenvalue weighted by atomic mass is 19.4. The van der Waals surface area contributed by atoms with E-state index in [1.54, 1.807) is 12.1 Å². The molecule has 0 spiro atoms. The first kappa shape index (κ1) is 22.6. The van der Waals surface area contributed by atoms with Gasteiger partial charge in [-0.15, -0.1) is 13.2 Å². The van der Waals surface area contributed by atoms with Gasteiger partial charge in [-0.25, -0.2) is 4.39 Å². The number of alkyl halides is 3. The summed E-state index contributed by atoms with van der Waals surface area (Å²) in [6.45, 7) is 2.25. The Labute approximate surface area is 186 Å². The molecule has 0 amide bonds. The summed E-state index contributed by atoms with van der Waals surface area (Å²) in [6, 6.07) is 16.0. The molecule has 4 rings (SSSR count). The molecular formula is C27H28F4O. The predicted octanol–water partition coefficient (Wildman–Crippen LogP) is 9.01. The standard InChI is InChI=1S/C27H28F4O/c1-2-3-4-18-5-7-19(8-6-18)20-9-11-21(12-10-20)22-13-15-24-23(17-22)14-16-25(26(24)28)32-27(29,30)31/h9-19H,2-8H2,1H3/t18-,19-. The minimum atomic E-state index is -4.93. The fourth-order valence-electron chi connectivity index (χ4n) is 4.88. The molecule has 0 radical (unpaired) electrons. The molecule has 1 fully saturated rings. The average molecular weight is 445 g/mol. The van der Waals surface area contributed by atoms with E-state index in [0.717, 1.165) is 23.1 Å². The van der Waals surface area contributed by atoms with E-state index in [0.29, 0.717) is 11.3 Å². The molecule has 3 aromatic rings. The van der Waals surface area contributed by atoms with E-state index >= 15 is 0 Å². The number of fused-ring (bicyclic) bond motifs is 1. The van der Waals surface area contributed by atoms with Crippen molar-refractivity contribution >= 4 is 10.8 Å². The molecular weight excluding hydrogens is 416 g/mol. The fraction of sp³-hybridized carbons (Fsp3) is 0.407. The highest BCUT2D eigenvalue weighted by Crippen LogP contribution is 2.38. The first-order valence-electron chi connectivity index (χ1n) is 11.4. The normalized spacial score (nSPS) is 19.3. The lowest BCUT2D eigenvalue weighted by atomic mass is 9.77. The number of benzene rings is 3. The van der Waals surface area contributed by atoms with Crippen molar-refractivity contribution in [3.05, 3.63) is 66.0 Å². The Bertz CT molecular complexity index is 1050. The lowest BCUT2D eigenvalue weighted by molar-refractivity contribution is -0.275. The summed E-state index contributed by atoms with van der Waals surface area (Å²) in [7, 11) is 0. The minimum absolute atomic E-state index is 0.104. The number of ether oxygens (including phenoxy) is 1. The van der Waals surface area contributed by atoms with Crippen LogP contribution in [0.2, 0.25) is 0 Å². The van der Waals surface area contributed by atoms with E-state index in [1.807, 2.05) is 0 Å². The van der Waals surface area contributed by atoms with Gasteiger partial charge >= 0.3 is 6.36 Å². The van der Waals surface area contributed by atoms with Gasteiger partial charge in [0.1, 0.15) is 0 Å². The maximum Gasteiger partial charge on any atom is 0.573 e. The summed E-state index contributed by atoms with van der Waals surface area (Å²) in [4.78, 5) is 0. The maximum atomic E-state index is 14.5. The van der Waals surface area contributed by atoms with Gasteiger partial charge in [0, 0.05) is 5.39 Å². The van der Waals surface area contributed by atoms with Gasteiger partial charge in [0.15, 0.2) is 11.6 Å². The van der Waals surface area contributed by atoms with Crippen LogP contribution in [0, 0.1) is 11.7 Å². The Balaban J connectivity index is 1.48. The number of hydrogen-bond donors (Lipinski definition) is 0. The molecule has 3 aromatic carbocycles. The maximum absolute atomic E-state index is 14.5. The molecule has 0 heterocycles. The number of hydrogen-bond acceptors (Lipinski definition) is 1. The zero-order valence-corrected chi connectivity index (χ0v) is 18.2. The molecule has 0 aliphatic heterocycles. The highest BCUT2D eigenvalue weighted by Gasteiger charge is 2.32. The monoisotopic (exact) mass is 444 g/mol. The van der Waals surface area contributed by atoms with E-state index in [2.05, 4.69) is 35.9 Å². The van der Waals surface area contributed by atoms with Crippen LogP contribution in [0.4, 0.5) is 17.6 Å². The van der Waals surface area contributed by atoms with Crippen LogP contribution in [0.3, 0.4) is 0 Å². The van der Waals surface area contributed by atoms with Crippen LogP contribution in [0.15, 0.2) is 54.6 Å². The molecule has 1 aliphatic carbocycles. The van der Waals surface area contributed by atoms with Gasteiger partial charge in [0.2, 0.25) is 0 Å². The lowest BCUT2D eigenvalue weighted by Crippen LogP contribution is -2.17. The molecule has 0 unspecified atom stereocenters. The van der Waals surface area contributed by atoms with Crippen molar-refractivity contribution < 1.29 is 22.3 Å². The first-order chi connectivity index (χ1) is 15.3. The van der Waals surface area contributed by atoms with Crippen molar-refractivity contribution in [3.63, 3.8) is 0 Å². The second-order valence-corrected chi connectivity index (χ2v) is 8.84. The van der Waals surface area contributed by atoms with Crippen LogP contribution >= 0.6 is 0 Å². The van der Waals surface area contributed by atoms with Crippen LogP contribution in [0.25, 0.3) is 21.9 Å². The lowest BCUT2D eigenvalue weighted by Gasteiger charge is -2.29. The zero-order valence-electron chi connectivity index (χ0n) is 18.2. The van der Waals surface area contributed by atoms with E-state index < -0.39 is 17.9 Å². The van der Waals surface area contributed by atoms with Crippen LogP contribution in [0.5, 0.6) is 5.75 Å². The Kier molecular flexibility index (Phi) is 6.73. The van der Waals surface area contributed by atoms with Gasteiger partial charge in [-0.1, -0.05) is 68.7 Å². The van der Waals surface area contributed by atoms with Crippen molar-refractivity contribution in [2.24, 2.45) is 5.92 Å². The highest BCUT2D eigenvalue weighted by molar-refractivity contribution is 5.89. The Morgan fingerprint density at radius 3 is 2.22 bits per heavy atom. The van der Waals surface area contributed by atoms with Gasteiger partial charge in [0.05, 0.1) is 0 Å². The van der Waals surface area contributed by atoms with E-state index in [9.17, 15) is 17.6 Å². The van der Waals surface area contributed by atoms with Crippen molar-refractivity contribution in [3.8, 4) is 16.9 Å².